The van der Waals surface area contributed by atoms with Gasteiger partial charge in [0, 0.05) is 36.8 Å². The van der Waals surface area contributed by atoms with E-state index in [-0.39, 0.29) is 24.1 Å². The van der Waals surface area contributed by atoms with Crippen LogP contribution in [0.1, 0.15) is 16.1 Å². The standard InChI is InChI=1S/C17H21ClN4O3S/c1-11-4-5-12(18)8-13(11)20-17-21-14(10-26-17)16(24)22(2)9-15(23)19-6-7-25-3/h4-5,8,10H,6-7,9H2,1-3H3,(H,19,23)(H,20,21). The molecule has 2 aromatic rings. The third-order valence-electron chi connectivity index (χ3n) is 3.52. The summed E-state index contributed by atoms with van der Waals surface area (Å²) in [6.45, 7) is 2.74. The second-order valence-electron chi connectivity index (χ2n) is 5.63. The minimum Gasteiger partial charge on any atom is -0.383 e. The zero-order valence-corrected chi connectivity index (χ0v) is 16.4. The topological polar surface area (TPSA) is 83.6 Å². The van der Waals surface area contributed by atoms with Gasteiger partial charge in [0.1, 0.15) is 5.69 Å². The summed E-state index contributed by atoms with van der Waals surface area (Å²) in [6.07, 6.45) is 0. The molecule has 2 N–H and O–H groups in total. The first-order valence-corrected chi connectivity index (χ1v) is 9.16. The van der Waals surface area contributed by atoms with Crippen molar-refractivity contribution in [2.45, 2.75) is 6.92 Å². The lowest BCUT2D eigenvalue weighted by Gasteiger charge is -2.15. The van der Waals surface area contributed by atoms with Crippen LogP contribution in [0.4, 0.5) is 10.8 Å². The van der Waals surface area contributed by atoms with Gasteiger partial charge in [0.15, 0.2) is 5.13 Å². The predicted molar refractivity (Wildman–Crippen MR) is 103 cm³/mol. The van der Waals surface area contributed by atoms with Gasteiger partial charge in [0.05, 0.1) is 13.2 Å². The molecule has 26 heavy (non-hydrogen) atoms. The molecule has 0 fully saturated rings. The molecule has 1 heterocycles. The van der Waals surface area contributed by atoms with E-state index in [1.54, 1.807) is 25.6 Å². The van der Waals surface area contributed by atoms with Crippen LogP contribution in [0.2, 0.25) is 5.02 Å². The first-order valence-electron chi connectivity index (χ1n) is 7.90. The van der Waals surface area contributed by atoms with Gasteiger partial charge in [-0.15, -0.1) is 11.3 Å². The number of nitrogens with one attached hydrogen (secondary N) is 2. The smallest absolute Gasteiger partial charge is 0.273 e. The van der Waals surface area contributed by atoms with E-state index in [0.717, 1.165) is 11.3 Å². The van der Waals surface area contributed by atoms with Gasteiger partial charge in [-0.25, -0.2) is 4.98 Å². The number of amides is 2. The number of thiazole rings is 1. The SMILES string of the molecule is COCCNC(=O)CN(C)C(=O)c1csc(Nc2cc(Cl)ccc2C)n1. The number of nitrogens with zero attached hydrogens (tertiary/aromatic N) is 2. The Morgan fingerprint density at radius 2 is 2.15 bits per heavy atom. The van der Waals surface area contributed by atoms with Gasteiger partial charge < -0.3 is 20.3 Å². The molecular formula is C17H21ClN4O3S. The van der Waals surface area contributed by atoms with Crippen LogP contribution < -0.4 is 10.6 Å². The highest BCUT2D eigenvalue weighted by molar-refractivity contribution is 7.14. The third kappa shape index (κ3) is 5.69. The van der Waals surface area contributed by atoms with Gasteiger partial charge in [0.2, 0.25) is 5.91 Å². The third-order valence-corrected chi connectivity index (χ3v) is 4.51. The fourth-order valence-corrected chi connectivity index (χ4v) is 2.97. The molecule has 0 aliphatic rings. The van der Waals surface area contributed by atoms with Crippen molar-refractivity contribution >= 4 is 45.6 Å². The van der Waals surface area contributed by atoms with E-state index >= 15 is 0 Å². The Morgan fingerprint density at radius 3 is 2.88 bits per heavy atom. The zero-order chi connectivity index (χ0) is 19.1. The maximum atomic E-state index is 12.4. The van der Waals surface area contributed by atoms with Gasteiger partial charge in [-0.3, -0.25) is 9.59 Å². The summed E-state index contributed by atoms with van der Waals surface area (Å²) in [5.74, 6) is -0.569. The number of anilines is 2. The molecule has 0 saturated heterocycles. The number of hydrogen-bond acceptors (Lipinski definition) is 6. The average molecular weight is 397 g/mol. The quantitative estimate of drug-likeness (QED) is 0.670. The molecule has 0 radical (unpaired) electrons. The summed E-state index contributed by atoms with van der Waals surface area (Å²) in [4.78, 5) is 29.8. The van der Waals surface area contributed by atoms with E-state index in [1.807, 2.05) is 19.1 Å². The van der Waals surface area contributed by atoms with Gasteiger partial charge in [-0.05, 0) is 24.6 Å². The second-order valence-corrected chi connectivity index (χ2v) is 6.92. The Labute approximate surface area is 161 Å². The molecule has 0 spiro atoms. The van der Waals surface area contributed by atoms with Crippen molar-refractivity contribution in [2.24, 2.45) is 0 Å². The summed E-state index contributed by atoms with van der Waals surface area (Å²) < 4.78 is 4.86. The Bertz CT molecular complexity index is 781. The highest BCUT2D eigenvalue weighted by Crippen LogP contribution is 2.26. The number of methoxy groups -OCH3 is 1. The number of ether oxygens (including phenoxy) is 1. The Kier molecular flexibility index (Phi) is 7.38. The van der Waals surface area contributed by atoms with E-state index in [2.05, 4.69) is 15.6 Å². The van der Waals surface area contributed by atoms with E-state index in [0.29, 0.717) is 23.3 Å². The van der Waals surface area contributed by atoms with E-state index in [9.17, 15) is 9.59 Å². The number of carbonyl (C=O) groups excluding carboxylic acids is 2. The van der Waals surface area contributed by atoms with Crippen molar-refractivity contribution < 1.29 is 14.3 Å². The molecule has 0 atom stereocenters. The Hall–Kier alpha value is -2.16. The number of carbonyl (C=O) groups is 2. The fourth-order valence-electron chi connectivity index (χ4n) is 2.10. The minimum atomic E-state index is -0.320. The molecule has 1 aromatic carbocycles. The van der Waals surface area contributed by atoms with Gasteiger partial charge in [0.25, 0.3) is 5.91 Å². The predicted octanol–water partition coefficient (Wildman–Crippen LogP) is 2.68. The van der Waals surface area contributed by atoms with Crippen LogP contribution in [-0.2, 0) is 9.53 Å². The normalized spacial score (nSPS) is 10.5. The van der Waals surface area contributed by atoms with Crippen molar-refractivity contribution in [2.75, 3.05) is 39.2 Å². The molecule has 2 amide bonds. The van der Waals surface area contributed by atoms with Crippen LogP contribution in [-0.4, -0.2) is 55.6 Å². The minimum absolute atomic E-state index is 0.0454. The van der Waals surface area contributed by atoms with Crippen molar-refractivity contribution in [3.8, 4) is 0 Å². The average Bonchev–Trinajstić information content (AvgIpc) is 3.06. The number of benzene rings is 1. The summed E-state index contributed by atoms with van der Waals surface area (Å²) >= 11 is 7.32. The zero-order valence-electron chi connectivity index (χ0n) is 14.8. The molecule has 140 valence electrons. The highest BCUT2D eigenvalue weighted by atomic mass is 35.5. The highest BCUT2D eigenvalue weighted by Gasteiger charge is 2.18. The Morgan fingerprint density at radius 1 is 1.38 bits per heavy atom. The first-order chi connectivity index (χ1) is 12.4. The van der Waals surface area contributed by atoms with E-state index in [1.165, 1.54) is 16.2 Å². The number of likely N-dealkylation sites (N-methyl/N-ethyl adjacent to an activating group) is 1. The monoisotopic (exact) mass is 396 g/mol. The maximum Gasteiger partial charge on any atom is 0.273 e. The molecule has 9 heteroatoms. The van der Waals surface area contributed by atoms with Gasteiger partial charge in [-0.1, -0.05) is 17.7 Å². The lowest BCUT2D eigenvalue weighted by atomic mass is 10.2. The molecule has 7 nitrogen and oxygen atoms in total. The Balaban J connectivity index is 1.96. The van der Waals surface area contributed by atoms with Crippen molar-refractivity contribution in [3.05, 3.63) is 39.9 Å². The van der Waals surface area contributed by atoms with Crippen molar-refractivity contribution in [1.82, 2.24) is 15.2 Å². The van der Waals surface area contributed by atoms with Gasteiger partial charge >= 0.3 is 0 Å². The van der Waals surface area contributed by atoms with Crippen LogP contribution in [0.25, 0.3) is 0 Å². The largest absolute Gasteiger partial charge is 0.383 e. The molecule has 0 aliphatic carbocycles. The van der Waals surface area contributed by atoms with Crippen LogP contribution >= 0.6 is 22.9 Å². The van der Waals surface area contributed by atoms with E-state index in [4.69, 9.17) is 16.3 Å². The molecule has 0 unspecified atom stereocenters. The molecule has 1 aromatic heterocycles. The fraction of sp³-hybridized carbons (Fsp3) is 0.353. The van der Waals surface area contributed by atoms with Crippen molar-refractivity contribution in [3.63, 3.8) is 0 Å². The van der Waals surface area contributed by atoms with E-state index < -0.39 is 0 Å². The number of rotatable bonds is 8. The number of aryl methyl sites for hydroxylation is 1. The number of aromatic nitrogens is 1. The molecular weight excluding hydrogens is 376 g/mol. The summed E-state index contributed by atoms with van der Waals surface area (Å²) in [5, 5.41) is 8.68. The van der Waals surface area contributed by atoms with Crippen LogP contribution in [0.5, 0.6) is 0 Å². The van der Waals surface area contributed by atoms with Crippen LogP contribution in [0.3, 0.4) is 0 Å². The number of hydrogen-bond donors (Lipinski definition) is 2. The summed E-state index contributed by atoms with van der Waals surface area (Å²) in [5.41, 5.74) is 2.13. The maximum absolute atomic E-state index is 12.4. The molecule has 0 aliphatic heterocycles. The summed E-state index contributed by atoms with van der Waals surface area (Å²) in [6, 6.07) is 5.52. The molecule has 0 saturated carbocycles. The molecule has 0 bridgehead atoms. The summed E-state index contributed by atoms with van der Waals surface area (Å²) in [7, 11) is 3.12. The lowest BCUT2D eigenvalue weighted by Crippen LogP contribution is -2.39. The van der Waals surface area contributed by atoms with Gasteiger partial charge in [-0.2, -0.15) is 0 Å². The lowest BCUT2D eigenvalue weighted by molar-refractivity contribution is -0.121. The first kappa shape index (κ1) is 20.2. The van der Waals surface area contributed by atoms with Crippen molar-refractivity contribution in [1.29, 1.82) is 0 Å². The number of halogens is 1. The van der Waals surface area contributed by atoms with Crippen LogP contribution in [0, 0.1) is 6.92 Å². The second kappa shape index (κ2) is 9.51. The molecule has 2 rings (SSSR count). The van der Waals surface area contributed by atoms with Crippen LogP contribution in [0.15, 0.2) is 23.6 Å².